The summed E-state index contributed by atoms with van der Waals surface area (Å²) in [4.78, 5) is 4.69. The molecular formula is C48H32N2O. The Balaban J connectivity index is 1.21. The molecule has 0 spiro atoms. The fourth-order valence-electron chi connectivity index (χ4n) is 7.71. The summed E-state index contributed by atoms with van der Waals surface area (Å²) in [5.74, 6) is 0. The first-order chi connectivity index (χ1) is 25.3. The predicted octanol–water partition coefficient (Wildman–Crippen LogP) is 14.0. The number of hydrogen-bond donors (Lipinski definition) is 0. The minimum Gasteiger partial charge on any atom is -0.455 e. The number of benzene rings is 9. The van der Waals surface area contributed by atoms with Crippen LogP contribution in [-0.2, 0) is 0 Å². The molecule has 3 nitrogen and oxygen atoms in total. The van der Waals surface area contributed by atoms with Gasteiger partial charge in [0, 0.05) is 50.0 Å². The lowest BCUT2D eigenvalue weighted by Crippen LogP contribution is -2.12. The van der Waals surface area contributed by atoms with Gasteiger partial charge in [0.2, 0.25) is 0 Å². The molecule has 0 saturated heterocycles. The number of rotatable bonds is 6. The van der Waals surface area contributed by atoms with Crippen LogP contribution in [0.15, 0.2) is 199 Å². The third kappa shape index (κ3) is 4.82. The monoisotopic (exact) mass is 652 g/mol. The Hall–Kier alpha value is -6.84. The summed E-state index contributed by atoms with van der Waals surface area (Å²) in [5.41, 5.74) is 8.42. The molecule has 0 radical (unpaired) electrons. The second-order valence-corrected chi connectivity index (χ2v) is 12.9. The SMILES string of the molecule is c1ccc(N(c2ccccc2)c2ccc(N(c3ccc4c5ccccc5c5oc6ccccc6c5c4c3)c3cccc4ccccc34)cc2)cc1. The molecule has 0 unspecified atom stereocenters. The van der Waals surface area contributed by atoms with E-state index in [0.717, 1.165) is 61.4 Å². The first-order valence-electron chi connectivity index (χ1n) is 17.4. The van der Waals surface area contributed by atoms with Gasteiger partial charge in [0.15, 0.2) is 0 Å². The Morgan fingerprint density at radius 3 is 1.55 bits per heavy atom. The molecular weight excluding hydrogens is 621 g/mol. The van der Waals surface area contributed by atoms with Gasteiger partial charge >= 0.3 is 0 Å². The van der Waals surface area contributed by atoms with E-state index >= 15 is 0 Å². The van der Waals surface area contributed by atoms with Crippen molar-refractivity contribution in [3.05, 3.63) is 194 Å². The Morgan fingerprint density at radius 2 is 0.824 bits per heavy atom. The minimum absolute atomic E-state index is 0.901. The van der Waals surface area contributed by atoms with Crippen LogP contribution in [-0.4, -0.2) is 0 Å². The molecule has 0 bridgehead atoms. The lowest BCUT2D eigenvalue weighted by atomic mass is 9.96. The van der Waals surface area contributed by atoms with Gasteiger partial charge in [0.05, 0.1) is 5.69 Å². The van der Waals surface area contributed by atoms with Crippen molar-refractivity contribution in [3.8, 4) is 0 Å². The number of hydrogen-bond acceptors (Lipinski definition) is 3. The van der Waals surface area contributed by atoms with Crippen LogP contribution in [0.5, 0.6) is 0 Å². The van der Waals surface area contributed by atoms with Crippen molar-refractivity contribution in [1.29, 1.82) is 0 Å². The molecule has 240 valence electrons. The van der Waals surface area contributed by atoms with Crippen LogP contribution in [0.3, 0.4) is 0 Å². The highest BCUT2D eigenvalue weighted by molar-refractivity contribution is 6.30. The Labute approximate surface area is 295 Å². The lowest BCUT2D eigenvalue weighted by molar-refractivity contribution is 0.673. The third-order valence-electron chi connectivity index (χ3n) is 9.99. The number of para-hydroxylation sites is 3. The van der Waals surface area contributed by atoms with E-state index in [0.29, 0.717) is 0 Å². The number of furan rings is 1. The first-order valence-corrected chi connectivity index (χ1v) is 17.4. The summed E-state index contributed by atoms with van der Waals surface area (Å²) < 4.78 is 6.59. The molecule has 0 aliphatic carbocycles. The fourth-order valence-corrected chi connectivity index (χ4v) is 7.71. The maximum absolute atomic E-state index is 6.59. The van der Waals surface area contributed by atoms with Gasteiger partial charge in [-0.2, -0.15) is 0 Å². The zero-order valence-corrected chi connectivity index (χ0v) is 27.8. The molecule has 51 heavy (non-hydrogen) atoms. The maximum Gasteiger partial charge on any atom is 0.143 e. The zero-order valence-electron chi connectivity index (χ0n) is 27.8. The molecule has 0 aliphatic rings. The quantitative estimate of drug-likeness (QED) is 0.167. The van der Waals surface area contributed by atoms with Crippen molar-refractivity contribution in [3.63, 3.8) is 0 Å². The normalized spacial score (nSPS) is 11.5. The molecule has 0 saturated carbocycles. The van der Waals surface area contributed by atoms with E-state index < -0.39 is 0 Å². The summed E-state index contributed by atoms with van der Waals surface area (Å²) in [5, 5.41) is 9.37. The molecule has 10 aromatic rings. The maximum atomic E-state index is 6.59. The molecule has 0 aliphatic heterocycles. The number of anilines is 6. The number of nitrogens with zero attached hydrogens (tertiary/aromatic N) is 2. The summed E-state index contributed by atoms with van der Waals surface area (Å²) in [6.07, 6.45) is 0. The molecule has 3 heteroatoms. The topological polar surface area (TPSA) is 19.6 Å². The predicted molar refractivity (Wildman–Crippen MR) is 216 cm³/mol. The van der Waals surface area contributed by atoms with Gasteiger partial charge in [0.1, 0.15) is 11.2 Å². The van der Waals surface area contributed by atoms with Crippen LogP contribution >= 0.6 is 0 Å². The van der Waals surface area contributed by atoms with E-state index in [1.54, 1.807) is 0 Å². The molecule has 0 fully saturated rings. The molecule has 9 aromatic carbocycles. The van der Waals surface area contributed by atoms with Crippen molar-refractivity contribution in [2.45, 2.75) is 0 Å². The minimum atomic E-state index is 0.901. The highest BCUT2D eigenvalue weighted by atomic mass is 16.3. The summed E-state index contributed by atoms with van der Waals surface area (Å²) >= 11 is 0. The van der Waals surface area contributed by atoms with Gasteiger partial charge in [-0.25, -0.2) is 0 Å². The Morgan fingerprint density at radius 1 is 0.314 bits per heavy atom. The smallest absolute Gasteiger partial charge is 0.143 e. The van der Waals surface area contributed by atoms with Crippen LogP contribution in [0.4, 0.5) is 34.1 Å². The van der Waals surface area contributed by atoms with Crippen LogP contribution in [0.2, 0.25) is 0 Å². The second kappa shape index (κ2) is 11.9. The fraction of sp³-hybridized carbons (Fsp3) is 0. The zero-order chi connectivity index (χ0) is 33.7. The van der Waals surface area contributed by atoms with E-state index in [1.807, 2.05) is 6.07 Å². The molecule has 0 amide bonds. The van der Waals surface area contributed by atoms with Gasteiger partial charge in [-0.1, -0.05) is 121 Å². The largest absolute Gasteiger partial charge is 0.455 e. The molecule has 1 heterocycles. The van der Waals surface area contributed by atoms with Gasteiger partial charge < -0.3 is 14.2 Å². The van der Waals surface area contributed by atoms with Crippen molar-refractivity contribution in [1.82, 2.24) is 0 Å². The highest BCUT2D eigenvalue weighted by Gasteiger charge is 2.21. The standard InChI is InChI=1S/C48H32N2O/c1-3-16-34(17-4-1)49(35-18-5-2-6-19-35)36-26-28-37(29-27-36)50(45-24-13-15-33-14-7-8-20-39(33)45)38-30-31-41-40-21-9-10-22-42(40)48-47(44(41)32-38)43-23-11-12-25-46(43)51-48/h1-32H. The Kier molecular flexibility index (Phi) is 6.81. The van der Waals surface area contributed by atoms with Crippen molar-refractivity contribution in [2.24, 2.45) is 0 Å². The first kappa shape index (κ1) is 29.1. The van der Waals surface area contributed by atoms with E-state index in [4.69, 9.17) is 4.42 Å². The third-order valence-corrected chi connectivity index (χ3v) is 9.99. The van der Waals surface area contributed by atoms with Crippen molar-refractivity contribution in [2.75, 3.05) is 9.80 Å². The van der Waals surface area contributed by atoms with Crippen LogP contribution < -0.4 is 9.80 Å². The van der Waals surface area contributed by atoms with Crippen LogP contribution in [0.1, 0.15) is 0 Å². The van der Waals surface area contributed by atoms with Gasteiger partial charge in [-0.05, 0) is 94.3 Å². The Bertz CT molecular complexity index is 2810. The van der Waals surface area contributed by atoms with E-state index in [9.17, 15) is 0 Å². The van der Waals surface area contributed by atoms with E-state index in [-0.39, 0.29) is 0 Å². The molecule has 1 aromatic heterocycles. The van der Waals surface area contributed by atoms with Crippen LogP contribution in [0.25, 0.3) is 54.3 Å². The second-order valence-electron chi connectivity index (χ2n) is 12.9. The summed E-state index contributed by atoms with van der Waals surface area (Å²) in [6, 6.07) is 69.1. The van der Waals surface area contributed by atoms with Gasteiger partial charge in [-0.3, -0.25) is 0 Å². The molecule has 0 atom stereocenters. The number of fused-ring (bicyclic) bond motifs is 9. The van der Waals surface area contributed by atoms with Gasteiger partial charge in [-0.15, -0.1) is 0 Å². The van der Waals surface area contributed by atoms with Crippen LogP contribution in [0, 0.1) is 0 Å². The van der Waals surface area contributed by atoms with Gasteiger partial charge in [0.25, 0.3) is 0 Å². The highest BCUT2D eigenvalue weighted by Crippen LogP contribution is 2.45. The van der Waals surface area contributed by atoms with E-state index in [2.05, 4.69) is 198 Å². The summed E-state index contributed by atoms with van der Waals surface area (Å²) in [7, 11) is 0. The average Bonchev–Trinajstić information content (AvgIpc) is 3.60. The van der Waals surface area contributed by atoms with E-state index in [1.165, 1.54) is 26.9 Å². The molecule has 10 rings (SSSR count). The van der Waals surface area contributed by atoms with Crippen molar-refractivity contribution >= 4 is 88.4 Å². The molecule has 0 N–H and O–H groups in total. The summed E-state index contributed by atoms with van der Waals surface area (Å²) in [6.45, 7) is 0. The lowest BCUT2D eigenvalue weighted by Gasteiger charge is -2.29. The van der Waals surface area contributed by atoms with Crippen molar-refractivity contribution < 1.29 is 4.42 Å². The average molecular weight is 653 g/mol.